The van der Waals surface area contributed by atoms with Gasteiger partial charge in [-0.1, -0.05) is 35.3 Å². The number of nitrogens with one attached hydrogen (secondary N) is 2. The van der Waals surface area contributed by atoms with Crippen LogP contribution in [0.3, 0.4) is 0 Å². The smallest absolute Gasteiger partial charge is 0.238 e. The SMILES string of the molecule is COc1ccc(C(NCC(=O)Nc2cc(Cl)ccc2Cl)C2CC2)cc1. The minimum atomic E-state index is -0.150. The molecule has 3 rings (SSSR count). The second-order valence-corrected chi connectivity index (χ2v) is 6.99. The van der Waals surface area contributed by atoms with Gasteiger partial charge in [0.15, 0.2) is 0 Å². The van der Waals surface area contributed by atoms with Gasteiger partial charge in [-0.3, -0.25) is 4.79 Å². The number of halogens is 2. The van der Waals surface area contributed by atoms with Gasteiger partial charge in [0.05, 0.1) is 24.4 Å². The maximum Gasteiger partial charge on any atom is 0.238 e. The Labute approximate surface area is 157 Å². The van der Waals surface area contributed by atoms with Crippen LogP contribution in [0, 0.1) is 5.92 Å². The maximum atomic E-state index is 12.3. The lowest BCUT2D eigenvalue weighted by molar-refractivity contribution is -0.115. The zero-order chi connectivity index (χ0) is 17.8. The summed E-state index contributed by atoms with van der Waals surface area (Å²) >= 11 is 12.0. The Balaban J connectivity index is 1.61. The minimum Gasteiger partial charge on any atom is -0.497 e. The Morgan fingerprint density at radius 2 is 1.92 bits per heavy atom. The summed E-state index contributed by atoms with van der Waals surface area (Å²) in [6.07, 6.45) is 2.34. The third-order valence-corrected chi connectivity index (χ3v) is 4.82. The van der Waals surface area contributed by atoms with E-state index in [9.17, 15) is 4.79 Å². The molecule has 1 fully saturated rings. The lowest BCUT2D eigenvalue weighted by Crippen LogP contribution is -2.32. The van der Waals surface area contributed by atoms with Crippen LogP contribution in [0.15, 0.2) is 42.5 Å². The number of rotatable bonds is 7. The zero-order valence-electron chi connectivity index (χ0n) is 13.9. The average molecular weight is 379 g/mol. The van der Waals surface area contributed by atoms with E-state index < -0.39 is 0 Å². The summed E-state index contributed by atoms with van der Waals surface area (Å²) in [6.45, 7) is 0.204. The van der Waals surface area contributed by atoms with Crippen molar-refractivity contribution in [3.63, 3.8) is 0 Å². The van der Waals surface area contributed by atoms with Crippen molar-refractivity contribution >= 4 is 34.8 Å². The molecular weight excluding hydrogens is 359 g/mol. The van der Waals surface area contributed by atoms with Crippen LogP contribution in [-0.2, 0) is 4.79 Å². The molecule has 0 saturated heterocycles. The summed E-state index contributed by atoms with van der Waals surface area (Å²) in [7, 11) is 1.65. The summed E-state index contributed by atoms with van der Waals surface area (Å²) in [5.74, 6) is 1.24. The quantitative estimate of drug-likeness (QED) is 0.734. The first-order valence-corrected chi connectivity index (χ1v) is 8.94. The minimum absolute atomic E-state index is 0.150. The predicted molar refractivity (Wildman–Crippen MR) is 102 cm³/mol. The second-order valence-electron chi connectivity index (χ2n) is 6.14. The van der Waals surface area contributed by atoms with Crippen LogP contribution in [-0.4, -0.2) is 19.6 Å². The molecule has 25 heavy (non-hydrogen) atoms. The molecule has 0 aliphatic heterocycles. The van der Waals surface area contributed by atoms with E-state index in [2.05, 4.69) is 10.6 Å². The Hall–Kier alpha value is -1.75. The fourth-order valence-corrected chi connectivity index (χ4v) is 3.12. The van der Waals surface area contributed by atoms with E-state index in [0.29, 0.717) is 21.7 Å². The molecule has 132 valence electrons. The van der Waals surface area contributed by atoms with Crippen molar-refractivity contribution in [1.29, 1.82) is 0 Å². The van der Waals surface area contributed by atoms with Crippen molar-refractivity contribution in [2.24, 2.45) is 5.92 Å². The molecule has 6 heteroatoms. The number of carbonyl (C=O) groups is 1. The highest BCUT2D eigenvalue weighted by atomic mass is 35.5. The first-order valence-electron chi connectivity index (χ1n) is 8.19. The summed E-state index contributed by atoms with van der Waals surface area (Å²) in [4.78, 5) is 12.3. The Kier molecular flexibility index (Phi) is 5.84. The first-order chi connectivity index (χ1) is 12.1. The molecule has 2 N–H and O–H groups in total. The summed E-state index contributed by atoms with van der Waals surface area (Å²) in [6, 6.07) is 13.1. The Bertz CT molecular complexity index is 746. The Morgan fingerprint density at radius 1 is 1.20 bits per heavy atom. The predicted octanol–water partition coefficient (Wildman–Crippen LogP) is 4.68. The van der Waals surface area contributed by atoms with Gasteiger partial charge in [-0.2, -0.15) is 0 Å². The van der Waals surface area contributed by atoms with Crippen molar-refractivity contribution in [2.75, 3.05) is 19.0 Å². The maximum absolute atomic E-state index is 12.3. The topological polar surface area (TPSA) is 50.4 Å². The van der Waals surface area contributed by atoms with Gasteiger partial charge in [-0.25, -0.2) is 0 Å². The van der Waals surface area contributed by atoms with Gasteiger partial charge in [0.1, 0.15) is 5.75 Å². The highest BCUT2D eigenvalue weighted by molar-refractivity contribution is 6.35. The molecule has 0 radical (unpaired) electrons. The highest BCUT2D eigenvalue weighted by Gasteiger charge is 2.32. The number of amides is 1. The molecule has 0 heterocycles. The number of benzene rings is 2. The number of hydrogen-bond acceptors (Lipinski definition) is 3. The van der Waals surface area contributed by atoms with Crippen LogP contribution in [0.5, 0.6) is 5.75 Å². The summed E-state index contributed by atoms with van der Waals surface area (Å²) < 4.78 is 5.20. The highest BCUT2D eigenvalue weighted by Crippen LogP contribution is 2.41. The van der Waals surface area contributed by atoms with Crippen LogP contribution in [0.4, 0.5) is 5.69 Å². The molecule has 2 aromatic carbocycles. The molecular formula is C19H20Cl2N2O2. The van der Waals surface area contributed by atoms with Crippen LogP contribution in [0.1, 0.15) is 24.4 Å². The van der Waals surface area contributed by atoms with Gasteiger partial charge in [0.2, 0.25) is 5.91 Å². The van der Waals surface area contributed by atoms with Crippen molar-refractivity contribution in [1.82, 2.24) is 5.32 Å². The van der Waals surface area contributed by atoms with E-state index >= 15 is 0 Å². The van der Waals surface area contributed by atoms with Gasteiger partial charge >= 0.3 is 0 Å². The van der Waals surface area contributed by atoms with Crippen molar-refractivity contribution in [2.45, 2.75) is 18.9 Å². The monoisotopic (exact) mass is 378 g/mol. The molecule has 0 aromatic heterocycles. The molecule has 1 unspecified atom stereocenters. The lowest BCUT2D eigenvalue weighted by atomic mass is 10.0. The van der Waals surface area contributed by atoms with E-state index in [1.54, 1.807) is 25.3 Å². The van der Waals surface area contributed by atoms with E-state index in [4.69, 9.17) is 27.9 Å². The molecule has 0 bridgehead atoms. The zero-order valence-corrected chi connectivity index (χ0v) is 15.4. The number of methoxy groups -OCH3 is 1. The largest absolute Gasteiger partial charge is 0.497 e. The molecule has 1 amide bonds. The molecule has 1 atom stereocenters. The number of hydrogen-bond donors (Lipinski definition) is 2. The van der Waals surface area contributed by atoms with E-state index in [-0.39, 0.29) is 18.5 Å². The lowest BCUT2D eigenvalue weighted by Gasteiger charge is -2.19. The fraction of sp³-hybridized carbons (Fsp3) is 0.316. The third kappa shape index (κ3) is 4.88. The third-order valence-electron chi connectivity index (χ3n) is 4.25. The van der Waals surface area contributed by atoms with Crippen molar-refractivity contribution in [3.8, 4) is 5.75 Å². The van der Waals surface area contributed by atoms with Crippen molar-refractivity contribution < 1.29 is 9.53 Å². The summed E-state index contributed by atoms with van der Waals surface area (Å²) in [5.41, 5.74) is 1.69. The van der Waals surface area contributed by atoms with E-state index in [1.807, 2.05) is 24.3 Å². The average Bonchev–Trinajstić information content (AvgIpc) is 3.44. The van der Waals surface area contributed by atoms with Crippen LogP contribution in [0.2, 0.25) is 10.0 Å². The van der Waals surface area contributed by atoms with Gasteiger partial charge in [0, 0.05) is 11.1 Å². The van der Waals surface area contributed by atoms with Gasteiger partial charge in [-0.05, 0) is 54.7 Å². The van der Waals surface area contributed by atoms with Crippen LogP contribution in [0.25, 0.3) is 0 Å². The molecule has 1 saturated carbocycles. The molecule has 0 spiro atoms. The van der Waals surface area contributed by atoms with Gasteiger partial charge < -0.3 is 15.4 Å². The fourth-order valence-electron chi connectivity index (χ4n) is 2.79. The van der Waals surface area contributed by atoms with Crippen LogP contribution < -0.4 is 15.4 Å². The summed E-state index contributed by atoms with van der Waals surface area (Å²) in [5, 5.41) is 7.15. The normalized spacial score (nSPS) is 14.8. The standard InChI is InChI=1S/C19H20Cl2N2O2/c1-25-15-7-4-13(5-8-15)19(12-2-3-12)22-11-18(24)23-17-10-14(20)6-9-16(17)21/h4-10,12,19,22H,2-3,11H2,1H3,(H,23,24). The number of anilines is 1. The molecule has 1 aliphatic rings. The number of carbonyl (C=O) groups excluding carboxylic acids is 1. The van der Waals surface area contributed by atoms with Gasteiger partial charge in [-0.15, -0.1) is 0 Å². The van der Waals surface area contributed by atoms with Gasteiger partial charge in [0.25, 0.3) is 0 Å². The first kappa shape index (κ1) is 18.1. The van der Waals surface area contributed by atoms with E-state index in [0.717, 1.165) is 11.3 Å². The number of ether oxygens (including phenoxy) is 1. The van der Waals surface area contributed by atoms with E-state index in [1.165, 1.54) is 12.8 Å². The molecule has 2 aromatic rings. The molecule has 1 aliphatic carbocycles. The van der Waals surface area contributed by atoms with Crippen LogP contribution >= 0.6 is 23.2 Å². The van der Waals surface area contributed by atoms with Crippen molar-refractivity contribution in [3.05, 3.63) is 58.1 Å². The second kappa shape index (κ2) is 8.09. The molecule has 4 nitrogen and oxygen atoms in total. The Morgan fingerprint density at radius 3 is 2.56 bits per heavy atom.